The summed E-state index contributed by atoms with van der Waals surface area (Å²) in [7, 11) is 0. The van der Waals surface area contributed by atoms with E-state index >= 15 is 0 Å². The number of carbonyl (C=O) groups excluding carboxylic acids is 3. The molecule has 0 saturated carbocycles. The number of benzene rings is 3. The first-order valence-corrected chi connectivity index (χ1v) is 25.5. The highest BCUT2D eigenvalue weighted by atomic mass is 32.2. The summed E-state index contributed by atoms with van der Waals surface area (Å²) in [6.45, 7) is 13.2. The molecule has 0 fully saturated rings. The number of phenolic OH excluding ortho intramolecular Hbond substituents is 1. The van der Waals surface area contributed by atoms with Gasteiger partial charge in [0.15, 0.2) is 6.04 Å². The molecule has 13 N–H and O–H groups in total. The van der Waals surface area contributed by atoms with Gasteiger partial charge in [0, 0.05) is 71.3 Å². The first-order valence-electron chi connectivity index (χ1n) is 24.3. The van der Waals surface area contributed by atoms with Gasteiger partial charge in [0.2, 0.25) is 17.7 Å². The number of carbonyl (C=O) groups is 3. The Balaban J connectivity index is 1.17. The summed E-state index contributed by atoms with van der Waals surface area (Å²) in [4.78, 5) is 46.2. The van der Waals surface area contributed by atoms with Gasteiger partial charge in [-0.2, -0.15) is 0 Å². The lowest BCUT2D eigenvalue weighted by Crippen LogP contribution is -2.56. The fourth-order valence-electron chi connectivity index (χ4n) is 8.08. The Morgan fingerprint density at radius 1 is 0.855 bits per heavy atom. The number of nitrogens with zero attached hydrogens (tertiary/aromatic N) is 1. The molecule has 0 radical (unpaired) electrons. The molecule has 0 bridgehead atoms. The Kier molecular flexibility index (Phi) is 22.8. The standard InChI is InChI=1S/C54H78N10O4S/c1-8-21-42(35-59-37(3)38-27-29-40(30-28-38)49(69-7)36(2)56)61-53(68)50(54(4,5)6)62-47(66)26-17-12-10-9-11-13-20-31-58-52(67)48(39-22-15-14-16-23-39)60-34-41(33-55)44-32-45(63-64-51(44)57)43-24-18-19-25-46(43)65/h14-16,18-19,22-25,27-30,32-34,37,42,48,50,59,63-65H,8-13,17,20-21,26,31,35,55-57H2,1-7H3,(H,58,67)(H,61,68)(H,62,66)/b41-33?,49-36-,60-34?/t37-,42-,48?,50+/m0/s1. The Hall–Kier alpha value is -6.19. The molecule has 3 aromatic rings. The lowest BCUT2D eigenvalue weighted by Gasteiger charge is -2.32. The number of phenols is 1. The molecule has 0 aromatic heterocycles. The molecule has 4 atom stereocenters. The van der Waals surface area contributed by atoms with E-state index in [-0.39, 0.29) is 35.6 Å². The highest BCUT2D eigenvalue weighted by Crippen LogP contribution is 2.30. The van der Waals surface area contributed by atoms with E-state index in [2.05, 4.69) is 75.2 Å². The zero-order valence-electron chi connectivity index (χ0n) is 41.8. The Morgan fingerprint density at radius 3 is 2.13 bits per heavy atom. The largest absolute Gasteiger partial charge is 0.507 e. The van der Waals surface area contributed by atoms with Crippen LogP contribution in [0.15, 0.2) is 119 Å². The minimum Gasteiger partial charge on any atom is -0.507 e. The number of nitrogens with one attached hydrogen (secondary N) is 6. The molecule has 3 aromatic carbocycles. The molecule has 1 heterocycles. The van der Waals surface area contributed by atoms with E-state index in [1.165, 1.54) is 6.20 Å². The molecule has 69 heavy (non-hydrogen) atoms. The predicted octanol–water partition coefficient (Wildman–Crippen LogP) is 8.08. The zero-order chi connectivity index (χ0) is 50.3. The van der Waals surface area contributed by atoms with Crippen molar-refractivity contribution in [3.8, 4) is 5.75 Å². The van der Waals surface area contributed by atoms with Crippen LogP contribution >= 0.6 is 11.8 Å². The summed E-state index contributed by atoms with van der Waals surface area (Å²) in [5, 5.41) is 23.4. The zero-order valence-corrected chi connectivity index (χ0v) is 42.6. The van der Waals surface area contributed by atoms with Crippen LogP contribution in [0.3, 0.4) is 0 Å². The summed E-state index contributed by atoms with van der Waals surface area (Å²) in [6.07, 6.45) is 15.3. The molecular formula is C54H78N10O4S. The Labute approximate surface area is 415 Å². The van der Waals surface area contributed by atoms with Crippen LogP contribution in [-0.4, -0.2) is 60.5 Å². The van der Waals surface area contributed by atoms with Gasteiger partial charge in [0.25, 0.3) is 0 Å². The van der Waals surface area contributed by atoms with E-state index in [4.69, 9.17) is 17.2 Å². The van der Waals surface area contributed by atoms with Crippen LogP contribution in [0.1, 0.15) is 140 Å². The van der Waals surface area contributed by atoms with E-state index in [9.17, 15) is 19.5 Å². The second kappa shape index (κ2) is 28.3. The minimum atomic E-state index is -0.813. The van der Waals surface area contributed by atoms with Crippen LogP contribution in [0.2, 0.25) is 0 Å². The van der Waals surface area contributed by atoms with Crippen molar-refractivity contribution < 1.29 is 19.5 Å². The predicted molar refractivity (Wildman–Crippen MR) is 285 cm³/mol. The van der Waals surface area contributed by atoms with Gasteiger partial charge >= 0.3 is 0 Å². The maximum atomic E-state index is 13.7. The molecule has 4 rings (SSSR count). The van der Waals surface area contributed by atoms with E-state index in [0.29, 0.717) is 47.7 Å². The summed E-state index contributed by atoms with van der Waals surface area (Å²) < 4.78 is 0. The smallest absolute Gasteiger partial charge is 0.249 e. The SMILES string of the molecule is CCC[C@@H](CN[C@@H](C)c1ccc(/C(SC)=C(\C)N)cc1)NC(=O)[C@@H](NC(=O)CCCCCCCCCNC(=O)C(N=CC(=CN)C1=C(N)NNC(c2ccccc2O)=C1)c1ccccc1)C(C)(C)C. The van der Waals surface area contributed by atoms with Gasteiger partial charge in [-0.1, -0.05) is 133 Å². The Morgan fingerprint density at radius 2 is 1.51 bits per heavy atom. The van der Waals surface area contributed by atoms with E-state index in [0.717, 1.165) is 85.1 Å². The normalized spacial score (nSPS) is 15.2. The highest BCUT2D eigenvalue weighted by molar-refractivity contribution is 8.07. The number of hydrogen-bond donors (Lipinski definition) is 10. The van der Waals surface area contributed by atoms with Crippen LogP contribution in [0.25, 0.3) is 10.6 Å². The molecular weight excluding hydrogens is 885 g/mol. The fraction of sp³-hybridized carbons (Fsp3) is 0.444. The molecule has 1 unspecified atom stereocenters. The van der Waals surface area contributed by atoms with Gasteiger partial charge in [-0.15, -0.1) is 11.8 Å². The monoisotopic (exact) mass is 963 g/mol. The maximum Gasteiger partial charge on any atom is 0.249 e. The van der Waals surface area contributed by atoms with E-state index in [1.807, 2.05) is 70.3 Å². The van der Waals surface area contributed by atoms with Gasteiger partial charge in [-0.05, 0) is 79.7 Å². The van der Waals surface area contributed by atoms with Gasteiger partial charge in [-0.3, -0.25) is 30.2 Å². The number of unbranched alkanes of at least 4 members (excludes halogenated alkanes) is 6. The highest BCUT2D eigenvalue weighted by Gasteiger charge is 2.33. The molecule has 1 aliphatic heterocycles. The topological polar surface area (TPSA) is 234 Å². The fourth-order valence-corrected chi connectivity index (χ4v) is 8.77. The number of aliphatic imine (C=N–C) groups is 1. The van der Waals surface area contributed by atoms with Crippen molar-refractivity contribution in [2.75, 3.05) is 19.3 Å². The second-order valence-corrected chi connectivity index (χ2v) is 19.5. The third-order valence-electron chi connectivity index (χ3n) is 12.0. The average molecular weight is 963 g/mol. The molecule has 374 valence electrons. The molecule has 15 heteroatoms. The third kappa shape index (κ3) is 17.7. The number of nitrogens with two attached hydrogens (primary N) is 3. The van der Waals surface area contributed by atoms with Crippen LogP contribution in [-0.2, 0) is 14.4 Å². The van der Waals surface area contributed by atoms with E-state index in [1.54, 1.807) is 42.3 Å². The summed E-state index contributed by atoms with van der Waals surface area (Å²) in [6, 6.07) is 23.2. The van der Waals surface area contributed by atoms with Crippen LogP contribution in [0.4, 0.5) is 0 Å². The second-order valence-electron chi connectivity index (χ2n) is 18.7. The average Bonchev–Trinajstić information content (AvgIpc) is 3.32. The lowest BCUT2D eigenvalue weighted by atomic mass is 9.85. The van der Waals surface area contributed by atoms with Gasteiger partial charge in [-0.25, -0.2) is 0 Å². The molecule has 0 aliphatic carbocycles. The Bertz CT molecular complexity index is 2280. The number of hydrogen-bond acceptors (Lipinski definition) is 12. The van der Waals surface area contributed by atoms with Gasteiger partial charge in [0.05, 0.1) is 5.70 Å². The first-order chi connectivity index (χ1) is 33.1. The van der Waals surface area contributed by atoms with Crippen LogP contribution in [0, 0.1) is 5.41 Å². The van der Waals surface area contributed by atoms with Crippen molar-refractivity contribution in [1.29, 1.82) is 0 Å². The minimum absolute atomic E-state index is 0.0802. The summed E-state index contributed by atoms with van der Waals surface area (Å²) >= 11 is 1.64. The molecule has 14 nitrogen and oxygen atoms in total. The van der Waals surface area contributed by atoms with Crippen LogP contribution in [0.5, 0.6) is 5.75 Å². The number of hydrazine groups is 1. The molecule has 0 saturated heterocycles. The number of thioether (sulfide) groups is 1. The van der Waals surface area contributed by atoms with Crippen LogP contribution < -0.4 is 49.3 Å². The first kappa shape index (κ1) is 55.4. The summed E-state index contributed by atoms with van der Waals surface area (Å²) in [5.41, 5.74) is 29.9. The number of amides is 3. The van der Waals surface area contributed by atoms with Crippen molar-refractivity contribution in [2.24, 2.45) is 27.6 Å². The van der Waals surface area contributed by atoms with E-state index < -0.39 is 17.5 Å². The van der Waals surface area contributed by atoms with Crippen molar-refractivity contribution in [2.45, 2.75) is 130 Å². The molecule has 0 spiro atoms. The number of para-hydroxylation sites is 1. The van der Waals surface area contributed by atoms with Crippen molar-refractivity contribution >= 4 is 46.3 Å². The van der Waals surface area contributed by atoms with Crippen molar-refractivity contribution in [3.63, 3.8) is 0 Å². The molecule has 1 aliphatic rings. The van der Waals surface area contributed by atoms with Crippen molar-refractivity contribution in [1.82, 2.24) is 32.1 Å². The number of rotatable bonds is 27. The van der Waals surface area contributed by atoms with Gasteiger partial charge in [0.1, 0.15) is 17.6 Å². The van der Waals surface area contributed by atoms with Gasteiger partial charge < -0.3 is 43.6 Å². The number of allylic oxidation sites excluding steroid dienone is 4. The maximum absolute atomic E-state index is 13.7. The number of aromatic hydroxyl groups is 1. The molecule has 3 amide bonds. The van der Waals surface area contributed by atoms with Crippen molar-refractivity contribution in [3.05, 3.63) is 136 Å². The third-order valence-corrected chi connectivity index (χ3v) is 13.0. The summed E-state index contributed by atoms with van der Waals surface area (Å²) in [5.74, 6) is -0.0897. The quantitative estimate of drug-likeness (QED) is 0.0259. The lowest BCUT2D eigenvalue weighted by molar-refractivity contribution is -0.132.